The van der Waals surface area contributed by atoms with E-state index in [9.17, 15) is 9.50 Å². The Morgan fingerprint density at radius 1 is 1.63 bits per heavy atom. The first kappa shape index (κ1) is 12.2. The molecule has 2 aromatic rings. The van der Waals surface area contributed by atoms with Gasteiger partial charge in [0, 0.05) is 6.42 Å². The van der Waals surface area contributed by atoms with Crippen molar-refractivity contribution in [2.75, 3.05) is 6.61 Å². The highest BCUT2D eigenvalue weighted by Crippen LogP contribution is 2.28. The molecule has 3 atom stereocenters. The standard InChI is InChI=1S/C10H12FN5O3/c11-10-15-9-7(13-3-14-9)8(12)16(10)6-1-4(18)5(2-17)19-6/h3-6,12,17-18H,1-2H2,(H,13,14)/t4-,5+,6?/m0/s1. The van der Waals surface area contributed by atoms with Crippen LogP contribution in [0.3, 0.4) is 0 Å². The topological polar surface area (TPSA) is 120 Å². The molecule has 4 N–H and O–H groups in total. The van der Waals surface area contributed by atoms with Gasteiger partial charge >= 0.3 is 0 Å². The Kier molecular flexibility index (Phi) is 2.81. The average Bonchev–Trinajstić information content (AvgIpc) is 2.95. The van der Waals surface area contributed by atoms with Gasteiger partial charge < -0.3 is 19.9 Å². The predicted molar refractivity (Wildman–Crippen MR) is 59.3 cm³/mol. The van der Waals surface area contributed by atoms with Gasteiger partial charge in [-0.3, -0.25) is 9.98 Å². The average molecular weight is 269 g/mol. The second-order valence-electron chi connectivity index (χ2n) is 4.32. The number of ether oxygens (including phenoxy) is 1. The number of hydrogen-bond acceptors (Lipinski definition) is 6. The molecule has 0 aliphatic carbocycles. The maximum absolute atomic E-state index is 13.9. The molecule has 3 heterocycles. The van der Waals surface area contributed by atoms with Crippen LogP contribution < -0.4 is 5.49 Å². The first-order valence-corrected chi connectivity index (χ1v) is 5.72. The second kappa shape index (κ2) is 4.37. The largest absolute Gasteiger partial charge is 0.394 e. The molecule has 8 nitrogen and oxygen atoms in total. The van der Waals surface area contributed by atoms with Crippen molar-refractivity contribution in [3.05, 3.63) is 17.9 Å². The van der Waals surface area contributed by atoms with Crippen LogP contribution in [0.2, 0.25) is 0 Å². The van der Waals surface area contributed by atoms with E-state index in [1.54, 1.807) is 0 Å². The normalized spacial score (nSPS) is 27.2. The van der Waals surface area contributed by atoms with Gasteiger partial charge in [0.25, 0.3) is 6.08 Å². The first-order chi connectivity index (χ1) is 9.11. The fourth-order valence-electron chi connectivity index (χ4n) is 2.20. The van der Waals surface area contributed by atoms with Gasteiger partial charge in [-0.05, 0) is 0 Å². The zero-order valence-corrected chi connectivity index (χ0v) is 9.75. The third kappa shape index (κ3) is 1.82. The fraction of sp³-hybridized carbons (Fsp3) is 0.500. The van der Waals surface area contributed by atoms with Gasteiger partial charge in [-0.2, -0.15) is 9.37 Å². The molecule has 1 aliphatic heterocycles. The highest BCUT2D eigenvalue weighted by atomic mass is 19.1. The molecule has 102 valence electrons. The van der Waals surface area contributed by atoms with Gasteiger partial charge in [-0.15, -0.1) is 0 Å². The zero-order valence-electron chi connectivity index (χ0n) is 9.75. The molecule has 0 radical (unpaired) electrons. The molecule has 19 heavy (non-hydrogen) atoms. The number of aromatic amines is 1. The molecular formula is C10H12FN5O3. The minimum atomic E-state index is -0.916. The smallest absolute Gasteiger partial charge is 0.295 e. The van der Waals surface area contributed by atoms with E-state index < -0.39 is 24.5 Å². The molecule has 0 spiro atoms. The predicted octanol–water partition coefficient (Wildman–Crippen LogP) is -0.981. The summed E-state index contributed by atoms with van der Waals surface area (Å²) in [6, 6.07) is 0. The Bertz CT molecular complexity index is 669. The second-order valence-corrected chi connectivity index (χ2v) is 4.32. The molecule has 3 rings (SSSR count). The minimum absolute atomic E-state index is 0.0834. The fourth-order valence-corrected chi connectivity index (χ4v) is 2.20. The van der Waals surface area contributed by atoms with Gasteiger partial charge in [0.2, 0.25) is 0 Å². The molecular weight excluding hydrogens is 257 g/mol. The number of aromatic nitrogens is 4. The van der Waals surface area contributed by atoms with Crippen molar-refractivity contribution in [3.63, 3.8) is 0 Å². The van der Waals surface area contributed by atoms with Crippen molar-refractivity contribution in [2.45, 2.75) is 24.9 Å². The van der Waals surface area contributed by atoms with Crippen molar-refractivity contribution in [1.82, 2.24) is 19.5 Å². The number of nitrogens with zero attached hydrogens (tertiary/aromatic N) is 3. The Labute approximate surface area is 106 Å². The molecule has 1 saturated heterocycles. The lowest BCUT2D eigenvalue weighted by Crippen LogP contribution is -2.29. The van der Waals surface area contributed by atoms with Crippen molar-refractivity contribution in [3.8, 4) is 0 Å². The Hall–Kier alpha value is -1.84. The minimum Gasteiger partial charge on any atom is -0.394 e. The molecule has 9 heteroatoms. The van der Waals surface area contributed by atoms with Crippen molar-refractivity contribution in [1.29, 1.82) is 5.41 Å². The monoisotopic (exact) mass is 269 g/mol. The molecule has 0 aromatic carbocycles. The van der Waals surface area contributed by atoms with Crippen LogP contribution in [0.5, 0.6) is 0 Å². The quantitative estimate of drug-likeness (QED) is 0.522. The number of hydrogen-bond donors (Lipinski definition) is 4. The Balaban J connectivity index is 2.08. The maximum Gasteiger partial charge on any atom is 0.295 e. The number of aliphatic hydroxyl groups is 2. The van der Waals surface area contributed by atoms with E-state index >= 15 is 0 Å². The summed E-state index contributed by atoms with van der Waals surface area (Å²) in [6.07, 6.45) is -2.08. The van der Waals surface area contributed by atoms with Gasteiger partial charge in [0.15, 0.2) is 11.1 Å². The van der Waals surface area contributed by atoms with E-state index in [1.807, 2.05) is 0 Å². The van der Waals surface area contributed by atoms with Crippen molar-refractivity contribution < 1.29 is 19.3 Å². The molecule has 0 bridgehead atoms. The van der Waals surface area contributed by atoms with Crippen LogP contribution in [0.4, 0.5) is 4.39 Å². The van der Waals surface area contributed by atoms with Crippen molar-refractivity contribution >= 4 is 11.2 Å². The zero-order chi connectivity index (χ0) is 13.6. The number of rotatable bonds is 2. The van der Waals surface area contributed by atoms with Gasteiger partial charge in [0.05, 0.1) is 19.0 Å². The van der Waals surface area contributed by atoms with Crippen LogP contribution in [-0.2, 0) is 4.74 Å². The lowest BCUT2D eigenvalue weighted by Gasteiger charge is -2.16. The summed E-state index contributed by atoms with van der Waals surface area (Å²) in [5.41, 5.74) is 0.221. The van der Waals surface area contributed by atoms with Crippen LogP contribution >= 0.6 is 0 Å². The van der Waals surface area contributed by atoms with E-state index in [4.69, 9.17) is 15.3 Å². The van der Waals surface area contributed by atoms with E-state index in [1.165, 1.54) is 6.33 Å². The van der Waals surface area contributed by atoms with Crippen LogP contribution in [0, 0.1) is 11.5 Å². The van der Waals surface area contributed by atoms with Crippen LogP contribution in [0.1, 0.15) is 12.6 Å². The van der Waals surface area contributed by atoms with Crippen molar-refractivity contribution in [2.24, 2.45) is 0 Å². The molecule has 1 unspecified atom stereocenters. The molecule has 2 aromatic heterocycles. The van der Waals surface area contributed by atoms with Crippen LogP contribution in [0.15, 0.2) is 6.33 Å². The molecule has 1 fully saturated rings. The van der Waals surface area contributed by atoms with Crippen LogP contribution in [0.25, 0.3) is 11.2 Å². The summed E-state index contributed by atoms with van der Waals surface area (Å²) < 4.78 is 20.2. The number of imidazole rings is 1. The summed E-state index contributed by atoms with van der Waals surface area (Å²) in [5, 5.41) is 26.6. The summed E-state index contributed by atoms with van der Waals surface area (Å²) in [4.78, 5) is 10.1. The highest BCUT2D eigenvalue weighted by Gasteiger charge is 2.36. The number of fused-ring (bicyclic) bond motifs is 1. The van der Waals surface area contributed by atoms with E-state index in [-0.39, 0.29) is 29.7 Å². The van der Waals surface area contributed by atoms with Gasteiger partial charge in [0.1, 0.15) is 17.8 Å². The van der Waals surface area contributed by atoms with Gasteiger partial charge in [-0.25, -0.2) is 4.98 Å². The summed E-state index contributed by atoms with van der Waals surface area (Å²) in [7, 11) is 0. The third-order valence-corrected chi connectivity index (χ3v) is 3.17. The maximum atomic E-state index is 13.9. The Morgan fingerprint density at radius 3 is 3.11 bits per heavy atom. The Morgan fingerprint density at radius 2 is 2.42 bits per heavy atom. The molecule has 0 saturated carbocycles. The highest BCUT2D eigenvalue weighted by molar-refractivity contribution is 5.67. The lowest BCUT2D eigenvalue weighted by atomic mass is 10.2. The third-order valence-electron chi connectivity index (χ3n) is 3.17. The molecule has 0 amide bonds. The van der Waals surface area contributed by atoms with Crippen LogP contribution in [-0.4, -0.2) is 48.5 Å². The summed E-state index contributed by atoms with van der Waals surface area (Å²) >= 11 is 0. The van der Waals surface area contributed by atoms with E-state index in [0.717, 1.165) is 4.57 Å². The number of nitrogens with one attached hydrogen (secondary N) is 2. The van der Waals surface area contributed by atoms with E-state index in [2.05, 4.69) is 15.0 Å². The number of H-pyrrole nitrogens is 1. The first-order valence-electron chi connectivity index (χ1n) is 5.72. The summed E-state index contributed by atoms with van der Waals surface area (Å²) in [5.74, 6) is 0. The van der Waals surface area contributed by atoms with Gasteiger partial charge in [-0.1, -0.05) is 0 Å². The SMILES string of the molecule is N=c1c2[nH]cnc2nc(F)n1C1C[C@H](O)[C@@H](CO)O1. The lowest BCUT2D eigenvalue weighted by molar-refractivity contribution is -0.0498. The van der Waals surface area contributed by atoms with E-state index in [0.29, 0.717) is 0 Å². The number of halogens is 1. The summed E-state index contributed by atoms with van der Waals surface area (Å²) in [6.45, 7) is -0.368. The molecule has 1 aliphatic rings. The number of aliphatic hydroxyl groups excluding tert-OH is 2.